The summed E-state index contributed by atoms with van der Waals surface area (Å²) in [6.07, 6.45) is 6.22. The Hall–Kier alpha value is -3.67. The van der Waals surface area contributed by atoms with Gasteiger partial charge in [0, 0.05) is 24.1 Å². The topological polar surface area (TPSA) is 131 Å². The number of rotatable bonds is 6. The molecular weight excluding hydrogens is 396 g/mol. The lowest BCUT2D eigenvalue weighted by atomic mass is 9.87. The standard InChI is InChI=1S/C22H24N6O3/c23-13-14-6-8-16(9-7-14)28-21(30)17(24-22(28)31)10-11-20(29)25-19-12-18(26-27-19)15-4-2-1-3-5-15/h6-9,12,15,17H,1-5,10-11H2,(H,24,31)(H2,25,26,27,29). The molecule has 160 valence electrons. The molecule has 0 radical (unpaired) electrons. The molecule has 1 saturated heterocycles. The SMILES string of the molecule is N#Cc1ccc(N2C(=O)NC(CCC(=O)Nc3cc(C4CCCCC4)[nH]n3)C2=O)cc1. The molecule has 2 fully saturated rings. The van der Waals surface area contributed by atoms with Crippen LogP contribution in [-0.4, -0.2) is 34.1 Å². The highest BCUT2D eigenvalue weighted by Crippen LogP contribution is 2.32. The molecule has 2 aliphatic rings. The van der Waals surface area contributed by atoms with Crippen LogP contribution in [0.25, 0.3) is 0 Å². The van der Waals surface area contributed by atoms with Crippen LogP contribution in [0.4, 0.5) is 16.3 Å². The maximum absolute atomic E-state index is 12.6. The number of hydrogen-bond acceptors (Lipinski definition) is 5. The van der Waals surface area contributed by atoms with Crippen LogP contribution in [0.3, 0.4) is 0 Å². The third kappa shape index (κ3) is 4.58. The number of imide groups is 1. The van der Waals surface area contributed by atoms with Crippen molar-refractivity contribution in [3.8, 4) is 6.07 Å². The average molecular weight is 420 g/mol. The Kier molecular flexibility index (Phi) is 5.98. The van der Waals surface area contributed by atoms with E-state index in [1.165, 1.54) is 19.3 Å². The minimum atomic E-state index is -0.772. The Morgan fingerprint density at radius 1 is 1.19 bits per heavy atom. The monoisotopic (exact) mass is 420 g/mol. The molecule has 1 aromatic heterocycles. The summed E-state index contributed by atoms with van der Waals surface area (Å²) in [5, 5.41) is 21.5. The number of hydrogen-bond donors (Lipinski definition) is 3. The van der Waals surface area contributed by atoms with Crippen molar-refractivity contribution in [2.45, 2.75) is 56.9 Å². The first-order chi connectivity index (χ1) is 15.0. The number of carbonyl (C=O) groups is 3. The Labute approximate surface area is 179 Å². The largest absolute Gasteiger partial charge is 0.329 e. The van der Waals surface area contributed by atoms with Crippen LogP contribution in [0.15, 0.2) is 30.3 Å². The first-order valence-electron chi connectivity index (χ1n) is 10.5. The third-order valence-corrected chi connectivity index (χ3v) is 5.84. The van der Waals surface area contributed by atoms with E-state index in [1.807, 2.05) is 12.1 Å². The molecule has 3 N–H and O–H groups in total. The summed E-state index contributed by atoms with van der Waals surface area (Å²) >= 11 is 0. The molecule has 4 amide bonds. The molecule has 0 spiro atoms. The molecule has 9 heteroatoms. The van der Waals surface area contributed by atoms with Crippen molar-refractivity contribution < 1.29 is 14.4 Å². The van der Waals surface area contributed by atoms with Crippen molar-refractivity contribution in [1.29, 1.82) is 5.26 Å². The molecule has 1 aliphatic heterocycles. The molecule has 1 aromatic carbocycles. The van der Waals surface area contributed by atoms with Crippen molar-refractivity contribution in [2.75, 3.05) is 10.2 Å². The molecule has 9 nitrogen and oxygen atoms in total. The van der Waals surface area contributed by atoms with E-state index >= 15 is 0 Å². The molecule has 31 heavy (non-hydrogen) atoms. The minimum Gasteiger partial charge on any atom is -0.325 e. The van der Waals surface area contributed by atoms with E-state index in [1.54, 1.807) is 24.3 Å². The quantitative estimate of drug-likeness (QED) is 0.618. The maximum atomic E-state index is 12.6. The van der Waals surface area contributed by atoms with E-state index in [9.17, 15) is 14.4 Å². The van der Waals surface area contributed by atoms with Crippen LogP contribution >= 0.6 is 0 Å². The van der Waals surface area contributed by atoms with Crippen molar-refractivity contribution >= 4 is 29.4 Å². The summed E-state index contributed by atoms with van der Waals surface area (Å²) < 4.78 is 0. The summed E-state index contributed by atoms with van der Waals surface area (Å²) in [5.74, 6) is 0.264. The highest BCUT2D eigenvalue weighted by Gasteiger charge is 2.38. The smallest absolute Gasteiger partial charge is 0.325 e. The Balaban J connectivity index is 1.30. The fourth-order valence-corrected chi connectivity index (χ4v) is 4.16. The lowest BCUT2D eigenvalue weighted by Crippen LogP contribution is -2.31. The fraction of sp³-hybridized carbons (Fsp3) is 0.409. The molecule has 2 heterocycles. The van der Waals surface area contributed by atoms with Gasteiger partial charge in [-0.15, -0.1) is 0 Å². The number of carbonyl (C=O) groups excluding carboxylic acids is 3. The van der Waals surface area contributed by atoms with Gasteiger partial charge in [-0.1, -0.05) is 19.3 Å². The molecule has 1 unspecified atom stereocenters. The summed E-state index contributed by atoms with van der Waals surface area (Å²) in [6.45, 7) is 0. The fourth-order valence-electron chi connectivity index (χ4n) is 4.16. The number of H-pyrrole nitrogens is 1. The van der Waals surface area contributed by atoms with Crippen LogP contribution in [0.5, 0.6) is 0 Å². The van der Waals surface area contributed by atoms with Crippen LogP contribution < -0.4 is 15.5 Å². The van der Waals surface area contributed by atoms with E-state index < -0.39 is 18.0 Å². The van der Waals surface area contributed by atoms with E-state index in [-0.39, 0.29) is 18.7 Å². The lowest BCUT2D eigenvalue weighted by molar-refractivity contribution is -0.119. The van der Waals surface area contributed by atoms with Gasteiger partial charge in [0.25, 0.3) is 5.91 Å². The van der Waals surface area contributed by atoms with E-state index in [4.69, 9.17) is 5.26 Å². The minimum absolute atomic E-state index is 0.0729. The molecular formula is C22H24N6O3. The molecule has 2 aromatic rings. The predicted octanol–water partition coefficient (Wildman–Crippen LogP) is 3.17. The Morgan fingerprint density at radius 2 is 1.94 bits per heavy atom. The highest BCUT2D eigenvalue weighted by atomic mass is 16.2. The van der Waals surface area contributed by atoms with Crippen LogP contribution in [0.1, 0.15) is 62.1 Å². The van der Waals surface area contributed by atoms with Crippen LogP contribution in [0, 0.1) is 11.3 Å². The van der Waals surface area contributed by atoms with E-state index in [0.29, 0.717) is 23.0 Å². The maximum Gasteiger partial charge on any atom is 0.329 e. The number of anilines is 2. The van der Waals surface area contributed by atoms with Gasteiger partial charge in [-0.25, -0.2) is 9.69 Å². The summed E-state index contributed by atoms with van der Waals surface area (Å²) in [5.41, 5.74) is 1.88. The summed E-state index contributed by atoms with van der Waals surface area (Å²) in [6, 6.07) is 8.74. The number of amides is 4. The van der Waals surface area contributed by atoms with Crippen LogP contribution in [-0.2, 0) is 9.59 Å². The number of aromatic amines is 1. The van der Waals surface area contributed by atoms with E-state index in [2.05, 4.69) is 20.8 Å². The van der Waals surface area contributed by atoms with Gasteiger partial charge in [0.15, 0.2) is 5.82 Å². The second-order valence-electron chi connectivity index (χ2n) is 7.96. The molecule has 1 aliphatic carbocycles. The second kappa shape index (κ2) is 9.00. The van der Waals surface area contributed by atoms with Gasteiger partial charge in [-0.3, -0.25) is 14.7 Å². The number of urea groups is 1. The Morgan fingerprint density at radius 3 is 2.65 bits per heavy atom. The number of nitriles is 1. The van der Waals surface area contributed by atoms with Gasteiger partial charge >= 0.3 is 6.03 Å². The van der Waals surface area contributed by atoms with E-state index in [0.717, 1.165) is 23.4 Å². The van der Waals surface area contributed by atoms with Gasteiger partial charge in [-0.05, 0) is 43.5 Å². The van der Waals surface area contributed by atoms with Gasteiger partial charge in [0.2, 0.25) is 5.91 Å². The van der Waals surface area contributed by atoms with Gasteiger partial charge in [0.1, 0.15) is 6.04 Å². The number of aromatic nitrogens is 2. The van der Waals surface area contributed by atoms with Crippen molar-refractivity contribution in [1.82, 2.24) is 15.5 Å². The van der Waals surface area contributed by atoms with Crippen molar-refractivity contribution in [3.05, 3.63) is 41.6 Å². The predicted molar refractivity (Wildman–Crippen MR) is 113 cm³/mol. The first kappa shape index (κ1) is 20.6. The lowest BCUT2D eigenvalue weighted by Gasteiger charge is -2.19. The molecule has 4 rings (SSSR count). The molecule has 1 saturated carbocycles. The van der Waals surface area contributed by atoms with Gasteiger partial charge in [-0.2, -0.15) is 10.4 Å². The molecule has 0 bridgehead atoms. The molecule has 1 atom stereocenters. The first-order valence-corrected chi connectivity index (χ1v) is 10.5. The second-order valence-corrected chi connectivity index (χ2v) is 7.96. The normalized spacial score (nSPS) is 19.2. The zero-order valence-corrected chi connectivity index (χ0v) is 17.1. The van der Waals surface area contributed by atoms with Crippen molar-refractivity contribution in [3.63, 3.8) is 0 Å². The number of nitrogens with one attached hydrogen (secondary N) is 3. The van der Waals surface area contributed by atoms with Crippen LogP contribution in [0.2, 0.25) is 0 Å². The van der Waals surface area contributed by atoms with Gasteiger partial charge in [0.05, 0.1) is 17.3 Å². The third-order valence-electron chi connectivity index (χ3n) is 5.84. The van der Waals surface area contributed by atoms with Gasteiger partial charge < -0.3 is 10.6 Å². The average Bonchev–Trinajstić information content (AvgIpc) is 3.37. The summed E-state index contributed by atoms with van der Waals surface area (Å²) in [7, 11) is 0. The Bertz CT molecular complexity index is 1020. The number of nitrogens with zero attached hydrogens (tertiary/aromatic N) is 3. The summed E-state index contributed by atoms with van der Waals surface area (Å²) in [4.78, 5) is 38.3. The number of benzene rings is 1. The zero-order chi connectivity index (χ0) is 21.8. The van der Waals surface area contributed by atoms with Crippen molar-refractivity contribution in [2.24, 2.45) is 0 Å². The highest BCUT2D eigenvalue weighted by molar-refractivity contribution is 6.21. The zero-order valence-electron chi connectivity index (χ0n) is 17.1.